The van der Waals surface area contributed by atoms with Crippen molar-refractivity contribution in [2.45, 2.75) is 12.6 Å². The highest BCUT2D eigenvalue weighted by Gasteiger charge is 1.96. The van der Waals surface area contributed by atoms with Crippen LogP contribution in [-0.4, -0.2) is 18.0 Å². The second kappa shape index (κ2) is 5.00. The predicted octanol–water partition coefficient (Wildman–Crippen LogP) is 1.01. The van der Waals surface area contributed by atoms with E-state index in [9.17, 15) is 4.39 Å². The van der Waals surface area contributed by atoms with E-state index in [1.807, 2.05) is 0 Å². The van der Waals surface area contributed by atoms with Crippen LogP contribution in [-0.2, 0) is 0 Å². The minimum absolute atomic E-state index is 0.123. The van der Waals surface area contributed by atoms with Crippen molar-refractivity contribution in [2.75, 3.05) is 6.54 Å². The minimum atomic E-state index is -1.48. The number of nitrogens with one attached hydrogen (secondary N) is 1. The number of rotatable bonds is 2. The van der Waals surface area contributed by atoms with Crippen LogP contribution in [0, 0.1) is 11.5 Å². The third-order valence-electron chi connectivity index (χ3n) is 0.703. The molecule has 0 aromatic heterocycles. The van der Waals surface area contributed by atoms with Gasteiger partial charge in [0.25, 0.3) is 0 Å². The number of alkyl halides is 2. The number of aliphatic imine (C=N–C) groups is 1. The van der Waals surface area contributed by atoms with Gasteiger partial charge in [0.2, 0.25) is 0 Å². The maximum absolute atomic E-state index is 11.8. The first-order chi connectivity index (χ1) is 4.66. The molecular weight excluding hydrogens is 157 g/mol. The van der Waals surface area contributed by atoms with Crippen LogP contribution in [0.15, 0.2) is 4.99 Å². The Labute approximate surface area is 63.5 Å². The van der Waals surface area contributed by atoms with E-state index in [2.05, 4.69) is 10.3 Å². The Morgan fingerprint density at radius 2 is 2.60 bits per heavy atom. The Hall–Kier alpha value is -0.820. The van der Waals surface area contributed by atoms with Gasteiger partial charge in [0.05, 0.1) is 6.54 Å². The maximum atomic E-state index is 11.8. The SMILES string of the molecule is CC(=NCC(F)Cl)NC#N. The molecule has 0 aromatic rings. The normalized spacial score (nSPS) is 14.0. The molecule has 3 nitrogen and oxygen atoms in total. The van der Waals surface area contributed by atoms with E-state index >= 15 is 0 Å². The molecule has 0 saturated carbocycles. The Bertz CT molecular complexity index is 161. The first kappa shape index (κ1) is 9.18. The van der Waals surface area contributed by atoms with E-state index in [1.54, 1.807) is 13.1 Å². The van der Waals surface area contributed by atoms with E-state index < -0.39 is 5.63 Å². The Balaban J connectivity index is 3.60. The van der Waals surface area contributed by atoms with Crippen LogP contribution in [0.5, 0.6) is 0 Å². The summed E-state index contributed by atoms with van der Waals surface area (Å²) in [6.07, 6.45) is 1.64. The highest BCUT2D eigenvalue weighted by Crippen LogP contribution is 1.95. The molecule has 0 saturated heterocycles. The maximum Gasteiger partial charge on any atom is 0.192 e. The van der Waals surface area contributed by atoms with Gasteiger partial charge >= 0.3 is 0 Å². The summed E-state index contributed by atoms with van der Waals surface area (Å²) in [7, 11) is 0. The zero-order valence-electron chi connectivity index (χ0n) is 5.43. The molecule has 1 unspecified atom stereocenters. The molecule has 1 N–H and O–H groups in total. The van der Waals surface area contributed by atoms with Crippen molar-refractivity contribution in [1.82, 2.24) is 5.32 Å². The summed E-state index contributed by atoms with van der Waals surface area (Å²) in [6.45, 7) is 1.44. The number of amidine groups is 1. The van der Waals surface area contributed by atoms with Crippen LogP contribution in [0.1, 0.15) is 6.92 Å². The van der Waals surface area contributed by atoms with Crippen molar-refractivity contribution in [3.63, 3.8) is 0 Å². The number of halogens is 2. The van der Waals surface area contributed by atoms with Crippen molar-refractivity contribution < 1.29 is 4.39 Å². The lowest BCUT2D eigenvalue weighted by Gasteiger charge is -1.95. The first-order valence-electron chi connectivity index (χ1n) is 2.61. The molecule has 1 atom stereocenters. The third kappa shape index (κ3) is 5.32. The molecule has 0 fully saturated rings. The highest BCUT2D eigenvalue weighted by atomic mass is 35.5. The molecular formula is C5H7ClFN3. The fraction of sp³-hybridized carbons (Fsp3) is 0.600. The van der Waals surface area contributed by atoms with Crippen LogP contribution in [0.4, 0.5) is 4.39 Å². The van der Waals surface area contributed by atoms with Crippen LogP contribution >= 0.6 is 11.6 Å². The molecule has 0 aliphatic heterocycles. The molecule has 0 bridgehead atoms. The van der Waals surface area contributed by atoms with Crippen molar-refractivity contribution >= 4 is 17.4 Å². The Morgan fingerprint density at radius 3 is 3.00 bits per heavy atom. The fourth-order valence-electron chi connectivity index (χ4n) is 0.326. The second-order valence-electron chi connectivity index (χ2n) is 1.55. The second-order valence-corrected chi connectivity index (χ2v) is 2.03. The summed E-state index contributed by atoms with van der Waals surface area (Å²) < 4.78 is 11.8. The van der Waals surface area contributed by atoms with E-state index in [4.69, 9.17) is 16.9 Å². The summed E-state index contributed by atoms with van der Waals surface area (Å²) >= 11 is 4.94. The van der Waals surface area contributed by atoms with Crippen molar-refractivity contribution in [3.05, 3.63) is 0 Å². The molecule has 0 heterocycles. The smallest absolute Gasteiger partial charge is 0.192 e. The largest absolute Gasteiger partial charge is 0.281 e. The summed E-state index contributed by atoms with van der Waals surface area (Å²) in [5.41, 5.74) is -1.48. The van der Waals surface area contributed by atoms with Gasteiger partial charge < -0.3 is 0 Å². The van der Waals surface area contributed by atoms with Gasteiger partial charge in [-0.15, -0.1) is 0 Å². The summed E-state index contributed by atoms with van der Waals surface area (Å²) in [6, 6.07) is 0. The standard InChI is InChI=1S/C5H7ClFN3/c1-4(10-3-8)9-2-5(6)7/h5H,2H2,1H3,(H,9,10). The minimum Gasteiger partial charge on any atom is -0.281 e. The van der Waals surface area contributed by atoms with Gasteiger partial charge in [-0.3, -0.25) is 10.3 Å². The van der Waals surface area contributed by atoms with Gasteiger partial charge in [0.1, 0.15) is 5.84 Å². The third-order valence-corrected chi connectivity index (χ3v) is 0.841. The molecule has 0 rings (SSSR count). The predicted molar refractivity (Wildman–Crippen MR) is 37.5 cm³/mol. The topological polar surface area (TPSA) is 48.2 Å². The number of nitriles is 1. The lowest BCUT2D eigenvalue weighted by atomic mass is 10.6. The molecule has 0 spiro atoms. The monoisotopic (exact) mass is 163 g/mol. The Morgan fingerprint density at radius 1 is 2.00 bits per heavy atom. The van der Waals surface area contributed by atoms with Crippen LogP contribution < -0.4 is 5.32 Å². The van der Waals surface area contributed by atoms with E-state index in [-0.39, 0.29) is 6.54 Å². The van der Waals surface area contributed by atoms with Crippen LogP contribution in [0.25, 0.3) is 0 Å². The quantitative estimate of drug-likeness (QED) is 0.217. The van der Waals surface area contributed by atoms with Gasteiger partial charge in [-0.1, -0.05) is 11.6 Å². The van der Waals surface area contributed by atoms with E-state index in [0.717, 1.165) is 0 Å². The average Bonchev–Trinajstić information content (AvgIpc) is 1.85. The van der Waals surface area contributed by atoms with Gasteiger partial charge in [-0.05, 0) is 6.92 Å². The summed E-state index contributed by atoms with van der Waals surface area (Å²) in [5.74, 6) is 0.366. The molecule has 0 aliphatic carbocycles. The summed E-state index contributed by atoms with van der Waals surface area (Å²) in [5, 5.41) is 10.3. The zero-order chi connectivity index (χ0) is 7.98. The Kier molecular flexibility index (Phi) is 4.59. The van der Waals surface area contributed by atoms with Crippen molar-refractivity contribution in [1.29, 1.82) is 5.26 Å². The molecule has 0 amide bonds. The lowest BCUT2D eigenvalue weighted by Crippen LogP contribution is -2.14. The zero-order valence-corrected chi connectivity index (χ0v) is 6.19. The molecule has 10 heavy (non-hydrogen) atoms. The lowest BCUT2D eigenvalue weighted by molar-refractivity contribution is 0.452. The molecule has 0 radical (unpaired) electrons. The van der Waals surface area contributed by atoms with Gasteiger partial charge in [0.15, 0.2) is 11.8 Å². The number of nitrogens with zero attached hydrogens (tertiary/aromatic N) is 2. The summed E-state index contributed by atoms with van der Waals surface area (Å²) in [4.78, 5) is 3.59. The average molecular weight is 164 g/mol. The highest BCUT2D eigenvalue weighted by molar-refractivity contribution is 6.19. The van der Waals surface area contributed by atoms with Gasteiger partial charge in [-0.2, -0.15) is 5.26 Å². The fourth-order valence-corrected chi connectivity index (χ4v) is 0.395. The molecule has 5 heteroatoms. The molecule has 0 aromatic carbocycles. The van der Waals surface area contributed by atoms with E-state index in [1.165, 1.54) is 0 Å². The van der Waals surface area contributed by atoms with Crippen molar-refractivity contribution in [3.8, 4) is 6.19 Å². The molecule has 56 valence electrons. The van der Waals surface area contributed by atoms with Crippen molar-refractivity contribution in [2.24, 2.45) is 4.99 Å². The first-order valence-corrected chi connectivity index (χ1v) is 3.04. The van der Waals surface area contributed by atoms with Gasteiger partial charge in [-0.25, -0.2) is 4.39 Å². The van der Waals surface area contributed by atoms with Crippen LogP contribution in [0.3, 0.4) is 0 Å². The van der Waals surface area contributed by atoms with E-state index in [0.29, 0.717) is 5.84 Å². The number of hydrogen-bond donors (Lipinski definition) is 1. The van der Waals surface area contributed by atoms with Crippen LogP contribution in [0.2, 0.25) is 0 Å². The molecule has 0 aliphatic rings. The number of hydrogen-bond acceptors (Lipinski definition) is 2. The van der Waals surface area contributed by atoms with Gasteiger partial charge in [0, 0.05) is 0 Å².